The molecule has 1 aliphatic heterocycles. The van der Waals surface area contributed by atoms with Crippen LogP contribution in [0.15, 0.2) is 35.0 Å². The van der Waals surface area contributed by atoms with Crippen LogP contribution in [0.4, 0.5) is 0 Å². The summed E-state index contributed by atoms with van der Waals surface area (Å²) in [6, 6.07) is 8.39. The first-order valence-corrected chi connectivity index (χ1v) is 9.83. The molecule has 3 aromatic rings. The van der Waals surface area contributed by atoms with Gasteiger partial charge < -0.3 is 9.42 Å². The SMILES string of the molecule is Cc1ccccc1-c1cn[nH]c1C1CCN(C(=O)Cc2c(C)noc2C)CC1. The summed E-state index contributed by atoms with van der Waals surface area (Å²) in [4.78, 5) is 14.7. The van der Waals surface area contributed by atoms with Crippen LogP contribution in [0.1, 0.15) is 47.0 Å². The fourth-order valence-corrected chi connectivity index (χ4v) is 4.13. The van der Waals surface area contributed by atoms with Crippen LogP contribution >= 0.6 is 0 Å². The summed E-state index contributed by atoms with van der Waals surface area (Å²) in [5.74, 6) is 1.28. The molecule has 0 atom stereocenters. The average Bonchev–Trinajstić information content (AvgIpc) is 3.31. The molecule has 3 heterocycles. The number of carbonyl (C=O) groups excluding carboxylic acids is 1. The second kappa shape index (κ2) is 7.62. The zero-order chi connectivity index (χ0) is 19.7. The number of aromatic amines is 1. The van der Waals surface area contributed by atoms with E-state index in [2.05, 4.69) is 46.5 Å². The summed E-state index contributed by atoms with van der Waals surface area (Å²) in [5, 5.41) is 11.5. The molecule has 6 nitrogen and oxygen atoms in total. The zero-order valence-electron chi connectivity index (χ0n) is 16.7. The molecule has 1 N–H and O–H groups in total. The maximum absolute atomic E-state index is 12.7. The molecular weight excluding hydrogens is 352 g/mol. The first-order chi connectivity index (χ1) is 13.5. The minimum absolute atomic E-state index is 0.150. The Morgan fingerprint density at radius 3 is 2.61 bits per heavy atom. The first-order valence-electron chi connectivity index (χ1n) is 9.83. The lowest BCUT2D eigenvalue weighted by atomic mass is 9.88. The third-order valence-corrected chi connectivity index (χ3v) is 5.87. The number of piperidine rings is 1. The van der Waals surface area contributed by atoms with Crippen molar-refractivity contribution < 1.29 is 9.32 Å². The Bertz CT molecular complexity index is 961. The first kappa shape index (κ1) is 18.5. The number of nitrogens with one attached hydrogen (secondary N) is 1. The van der Waals surface area contributed by atoms with Crippen molar-refractivity contribution in [3.63, 3.8) is 0 Å². The van der Waals surface area contributed by atoms with Crippen molar-refractivity contribution in [1.82, 2.24) is 20.3 Å². The Morgan fingerprint density at radius 2 is 1.93 bits per heavy atom. The van der Waals surface area contributed by atoms with Gasteiger partial charge in [-0.1, -0.05) is 29.4 Å². The summed E-state index contributed by atoms with van der Waals surface area (Å²) >= 11 is 0. The van der Waals surface area contributed by atoms with Crippen molar-refractivity contribution in [3.05, 3.63) is 58.7 Å². The average molecular weight is 378 g/mol. The smallest absolute Gasteiger partial charge is 0.227 e. The van der Waals surface area contributed by atoms with Crippen LogP contribution in [-0.2, 0) is 11.2 Å². The number of rotatable bonds is 4. The van der Waals surface area contributed by atoms with Gasteiger partial charge in [0.25, 0.3) is 0 Å². The van der Waals surface area contributed by atoms with E-state index in [0.717, 1.165) is 42.9 Å². The fourth-order valence-electron chi connectivity index (χ4n) is 4.13. The Hall–Kier alpha value is -2.89. The van der Waals surface area contributed by atoms with E-state index in [0.29, 0.717) is 12.3 Å². The van der Waals surface area contributed by atoms with Crippen LogP contribution < -0.4 is 0 Å². The molecule has 0 radical (unpaired) electrons. The van der Waals surface area contributed by atoms with E-state index in [4.69, 9.17) is 4.52 Å². The number of aryl methyl sites for hydroxylation is 3. The van der Waals surface area contributed by atoms with Gasteiger partial charge in [0.15, 0.2) is 0 Å². The zero-order valence-corrected chi connectivity index (χ0v) is 16.7. The molecule has 2 aromatic heterocycles. The highest BCUT2D eigenvalue weighted by atomic mass is 16.5. The van der Waals surface area contributed by atoms with Crippen molar-refractivity contribution >= 4 is 5.91 Å². The molecule has 0 spiro atoms. The summed E-state index contributed by atoms with van der Waals surface area (Å²) in [6.45, 7) is 7.40. The molecule has 0 saturated carbocycles. The topological polar surface area (TPSA) is 75.0 Å². The molecule has 1 saturated heterocycles. The van der Waals surface area contributed by atoms with Gasteiger partial charge in [-0.15, -0.1) is 0 Å². The highest BCUT2D eigenvalue weighted by Crippen LogP contribution is 2.35. The molecule has 146 valence electrons. The molecule has 6 heteroatoms. The van der Waals surface area contributed by atoms with Crippen molar-refractivity contribution in [2.75, 3.05) is 13.1 Å². The predicted octanol–water partition coefficient (Wildman–Crippen LogP) is 3.94. The summed E-state index contributed by atoms with van der Waals surface area (Å²) < 4.78 is 5.18. The molecule has 0 unspecified atom stereocenters. The van der Waals surface area contributed by atoms with Gasteiger partial charge in [0, 0.05) is 35.8 Å². The normalized spacial score (nSPS) is 15.2. The number of amides is 1. The van der Waals surface area contributed by atoms with Gasteiger partial charge in [0.05, 0.1) is 18.3 Å². The number of H-pyrrole nitrogens is 1. The summed E-state index contributed by atoms with van der Waals surface area (Å²) in [6.07, 6.45) is 4.17. The number of aromatic nitrogens is 3. The van der Waals surface area contributed by atoms with E-state index >= 15 is 0 Å². The standard InChI is InChI=1S/C22H26N4O2/c1-14-6-4-5-7-18(14)20-13-23-24-22(20)17-8-10-26(11-9-17)21(27)12-19-15(2)25-28-16(19)3/h4-7,13,17H,8-12H2,1-3H3,(H,23,24). The lowest BCUT2D eigenvalue weighted by molar-refractivity contribution is -0.131. The van der Waals surface area contributed by atoms with E-state index in [1.54, 1.807) is 0 Å². The van der Waals surface area contributed by atoms with E-state index < -0.39 is 0 Å². The van der Waals surface area contributed by atoms with Crippen LogP contribution in [0.25, 0.3) is 11.1 Å². The van der Waals surface area contributed by atoms with Crippen LogP contribution in [0, 0.1) is 20.8 Å². The Balaban J connectivity index is 1.43. The van der Waals surface area contributed by atoms with E-state index in [1.165, 1.54) is 22.4 Å². The maximum Gasteiger partial charge on any atom is 0.227 e. The summed E-state index contributed by atoms with van der Waals surface area (Å²) in [7, 11) is 0. The maximum atomic E-state index is 12.7. The lowest BCUT2D eigenvalue weighted by Gasteiger charge is -2.32. The third kappa shape index (κ3) is 3.46. The van der Waals surface area contributed by atoms with Gasteiger partial charge in [-0.2, -0.15) is 5.10 Å². The van der Waals surface area contributed by atoms with Gasteiger partial charge in [-0.3, -0.25) is 9.89 Å². The number of likely N-dealkylation sites (tertiary alicyclic amines) is 1. The Labute approximate surface area is 164 Å². The van der Waals surface area contributed by atoms with E-state index in [-0.39, 0.29) is 5.91 Å². The van der Waals surface area contributed by atoms with Crippen LogP contribution in [0.3, 0.4) is 0 Å². The predicted molar refractivity (Wildman–Crippen MR) is 107 cm³/mol. The van der Waals surface area contributed by atoms with Crippen molar-refractivity contribution in [3.8, 4) is 11.1 Å². The molecule has 0 aliphatic carbocycles. The number of carbonyl (C=O) groups is 1. The van der Waals surface area contributed by atoms with Gasteiger partial charge in [-0.25, -0.2) is 0 Å². The minimum Gasteiger partial charge on any atom is -0.361 e. The fraction of sp³-hybridized carbons (Fsp3) is 0.409. The molecule has 4 rings (SSSR count). The molecule has 1 aliphatic rings. The van der Waals surface area contributed by atoms with Gasteiger partial charge in [0.2, 0.25) is 5.91 Å². The third-order valence-electron chi connectivity index (χ3n) is 5.87. The number of benzene rings is 1. The number of nitrogens with zero attached hydrogens (tertiary/aromatic N) is 3. The highest BCUT2D eigenvalue weighted by Gasteiger charge is 2.27. The van der Waals surface area contributed by atoms with Crippen molar-refractivity contribution in [2.45, 2.75) is 46.0 Å². The summed E-state index contributed by atoms with van der Waals surface area (Å²) in [5.41, 5.74) is 6.56. The highest BCUT2D eigenvalue weighted by molar-refractivity contribution is 5.79. The number of hydrogen-bond acceptors (Lipinski definition) is 4. The van der Waals surface area contributed by atoms with Gasteiger partial charge in [-0.05, 0) is 44.7 Å². The van der Waals surface area contributed by atoms with Gasteiger partial charge >= 0.3 is 0 Å². The van der Waals surface area contributed by atoms with Crippen LogP contribution in [0.2, 0.25) is 0 Å². The van der Waals surface area contributed by atoms with Crippen molar-refractivity contribution in [1.29, 1.82) is 0 Å². The van der Waals surface area contributed by atoms with E-state index in [9.17, 15) is 4.79 Å². The Kier molecular flexibility index (Phi) is 5.03. The minimum atomic E-state index is 0.150. The number of hydrogen-bond donors (Lipinski definition) is 1. The molecule has 0 bridgehead atoms. The molecule has 28 heavy (non-hydrogen) atoms. The largest absolute Gasteiger partial charge is 0.361 e. The van der Waals surface area contributed by atoms with Crippen LogP contribution in [0.5, 0.6) is 0 Å². The second-order valence-electron chi connectivity index (χ2n) is 7.65. The van der Waals surface area contributed by atoms with Crippen LogP contribution in [-0.4, -0.2) is 39.3 Å². The van der Waals surface area contributed by atoms with Crippen molar-refractivity contribution in [2.24, 2.45) is 0 Å². The molecular formula is C22H26N4O2. The quantitative estimate of drug-likeness (QED) is 0.746. The molecule has 1 aromatic carbocycles. The Morgan fingerprint density at radius 1 is 1.18 bits per heavy atom. The monoisotopic (exact) mass is 378 g/mol. The van der Waals surface area contributed by atoms with E-state index in [1.807, 2.05) is 24.9 Å². The second-order valence-corrected chi connectivity index (χ2v) is 7.65. The lowest BCUT2D eigenvalue weighted by Crippen LogP contribution is -2.39. The molecule has 1 fully saturated rings. The van der Waals surface area contributed by atoms with Gasteiger partial charge in [0.1, 0.15) is 5.76 Å². The molecule has 1 amide bonds.